The van der Waals surface area contributed by atoms with Crippen molar-refractivity contribution in [1.82, 2.24) is 4.98 Å². The minimum atomic E-state index is -0.489. The van der Waals surface area contributed by atoms with Crippen LogP contribution in [-0.2, 0) is 0 Å². The molecule has 8 heteroatoms. The van der Waals surface area contributed by atoms with E-state index >= 15 is 0 Å². The molecule has 0 bridgehead atoms. The molecule has 0 aliphatic heterocycles. The summed E-state index contributed by atoms with van der Waals surface area (Å²) in [7, 11) is 0. The number of nitro benzene ring substituents is 1. The second-order valence-corrected chi connectivity index (χ2v) is 7.84. The van der Waals surface area contributed by atoms with Gasteiger partial charge in [-0.05, 0) is 67.4 Å². The van der Waals surface area contributed by atoms with E-state index in [1.807, 2.05) is 32.0 Å². The number of anilines is 1. The van der Waals surface area contributed by atoms with Gasteiger partial charge in [-0.25, -0.2) is 4.98 Å². The number of nitrogens with one attached hydrogen (secondary N) is 1. The summed E-state index contributed by atoms with van der Waals surface area (Å²) in [6.45, 7) is 4.05. The van der Waals surface area contributed by atoms with Gasteiger partial charge in [0.15, 0.2) is 11.3 Å². The normalized spacial score (nSPS) is 11.0. The zero-order valence-electron chi connectivity index (χ0n) is 18.4. The summed E-state index contributed by atoms with van der Waals surface area (Å²) in [6, 6.07) is 20.3. The number of nitro groups is 1. The average Bonchev–Trinajstić information content (AvgIpc) is 3.48. The van der Waals surface area contributed by atoms with E-state index in [1.165, 1.54) is 18.2 Å². The predicted octanol–water partition coefficient (Wildman–Crippen LogP) is 6.53. The highest BCUT2D eigenvalue weighted by molar-refractivity contribution is 6.03. The van der Waals surface area contributed by atoms with Gasteiger partial charge >= 0.3 is 0 Å². The number of carbonyl (C=O) groups is 1. The fraction of sp³-hybridized carbons (Fsp3) is 0.0769. The Morgan fingerprint density at radius 3 is 2.56 bits per heavy atom. The summed E-state index contributed by atoms with van der Waals surface area (Å²) in [4.78, 5) is 28.1. The van der Waals surface area contributed by atoms with E-state index in [0.717, 1.165) is 16.7 Å². The molecule has 5 rings (SSSR count). The minimum absolute atomic E-state index is 0.0319. The number of furan rings is 1. The molecule has 1 N–H and O–H groups in total. The molecule has 0 aliphatic rings. The summed E-state index contributed by atoms with van der Waals surface area (Å²) >= 11 is 0. The number of hydrogen-bond donors (Lipinski definition) is 1. The van der Waals surface area contributed by atoms with Gasteiger partial charge in [0.05, 0.1) is 10.5 Å². The fourth-order valence-electron chi connectivity index (χ4n) is 3.74. The molecule has 1 amide bonds. The smallest absolute Gasteiger partial charge is 0.291 e. The number of nitrogens with zero attached hydrogens (tertiary/aromatic N) is 2. The Labute approximate surface area is 194 Å². The highest BCUT2D eigenvalue weighted by atomic mass is 16.6. The molecule has 8 nitrogen and oxygen atoms in total. The number of aryl methyl sites for hydroxylation is 1. The Bertz CT molecular complexity index is 1560. The summed E-state index contributed by atoms with van der Waals surface area (Å²) in [5, 5.41) is 14.1. The van der Waals surface area contributed by atoms with Crippen molar-refractivity contribution in [3.63, 3.8) is 0 Å². The molecule has 5 aromatic rings. The van der Waals surface area contributed by atoms with E-state index in [0.29, 0.717) is 28.2 Å². The van der Waals surface area contributed by atoms with Crippen molar-refractivity contribution in [3.05, 3.63) is 99.8 Å². The van der Waals surface area contributed by atoms with Crippen molar-refractivity contribution in [2.75, 3.05) is 5.32 Å². The van der Waals surface area contributed by atoms with Crippen molar-refractivity contribution in [3.8, 4) is 22.8 Å². The van der Waals surface area contributed by atoms with Gasteiger partial charge in [0.25, 0.3) is 11.6 Å². The SMILES string of the molecule is Cc1cccc(-c2nc3cc(NC(=O)c4ccc(-c5ccccc5[N+](=O)[O-])o4)ccc3o2)c1C. The molecule has 168 valence electrons. The van der Waals surface area contributed by atoms with Crippen LogP contribution in [0.2, 0.25) is 0 Å². The van der Waals surface area contributed by atoms with E-state index < -0.39 is 10.8 Å². The second kappa shape index (κ2) is 8.32. The van der Waals surface area contributed by atoms with Crippen LogP contribution in [0.4, 0.5) is 11.4 Å². The first kappa shape index (κ1) is 21.1. The van der Waals surface area contributed by atoms with Crippen LogP contribution in [0.15, 0.2) is 81.6 Å². The molecule has 34 heavy (non-hydrogen) atoms. The molecular formula is C26H19N3O5. The third-order valence-electron chi connectivity index (χ3n) is 5.68. The summed E-state index contributed by atoms with van der Waals surface area (Å²) in [6.07, 6.45) is 0. The Kier molecular flexibility index (Phi) is 5.18. The summed E-state index contributed by atoms with van der Waals surface area (Å²) in [5.74, 6) is 0.300. The van der Waals surface area contributed by atoms with Gasteiger partial charge in [-0.15, -0.1) is 0 Å². The monoisotopic (exact) mass is 453 g/mol. The van der Waals surface area contributed by atoms with Crippen LogP contribution in [0.5, 0.6) is 0 Å². The lowest BCUT2D eigenvalue weighted by atomic mass is 10.0. The van der Waals surface area contributed by atoms with Crippen molar-refractivity contribution >= 4 is 28.4 Å². The van der Waals surface area contributed by atoms with Crippen molar-refractivity contribution < 1.29 is 18.6 Å². The Morgan fingerprint density at radius 2 is 1.74 bits per heavy atom. The lowest BCUT2D eigenvalue weighted by molar-refractivity contribution is -0.384. The van der Waals surface area contributed by atoms with Gasteiger partial charge in [0, 0.05) is 17.3 Å². The molecule has 0 spiro atoms. The first-order chi connectivity index (χ1) is 16.4. The number of aromatic nitrogens is 1. The second-order valence-electron chi connectivity index (χ2n) is 7.84. The minimum Gasteiger partial charge on any atom is -0.451 e. The maximum absolute atomic E-state index is 12.7. The van der Waals surface area contributed by atoms with Gasteiger partial charge in [0.1, 0.15) is 11.3 Å². The van der Waals surface area contributed by atoms with Crippen molar-refractivity contribution in [2.24, 2.45) is 0 Å². The van der Waals surface area contributed by atoms with E-state index in [-0.39, 0.29) is 17.2 Å². The highest BCUT2D eigenvalue weighted by Gasteiger charge is 2.20. The zero-order valence-corrected chi connectivity index (χ0v) is 18.4. The maximum Gasteiger partial charge on any atom is 0.291 e. The molecule has 0 fully saturated rings. The van der Waals surface area contributed by atoms with Gasteiger partial charge < -0.3 is 14.2 Å². The van der Waals surface area contributed by atoms with Gasteiger partial charge in [-0.2, -0.15) is 0 Å². The molecule has 2 heterocycles. The maximum atomic E-state index is 12.7. The van der Waals surface area contributed by atoms with Crippen LogP contribution in [0, 0.1) is 24.0 Å². The Morgan fingerprint density at radius 1 is 0.941 bits per heavy atom. The molecular weight excluding hydrogens is 434 g/mol. The standard InChI is InChI=1S/C26H19N3O5/c1-15-6-5-8-18(16(15)2)26-28-20-14-17(10-11-23(20)34-26)27-25(30)24-13-12-22(33-24)19-7-3-4-9-21(19)29(31)32/h3-14H,1-2H3,(H,27,30). The van der Waals surface area contributed by atoms with Crippen LogP contribution in [0.25, 0.3) is 33.9 Å². The van der Waals surface area contributed by atoms with Gasteiger partial charge in [-0.1, -0.05) is 24.3 Å². The lowest BCUT2D eigenvalue weighted by Gasteiger charge is -2.03. The number of oxazole rings is 1. The topological polar surface area (TPSA) is 111 Å². The van der Waals surface area contributed by atoms with Gasteiger partial charge in [-0.3, -0.25) is 14.9 Å². The molecule has 0 atom stereocenters. The number of rotatable bonds is 5. The van der Waals surface area contributed by atoms with E-state index in [9.17, 15) is 14.9 Å². The van der Waals surface area contributed by atoms with Crippen molar-refractivity contribution in [1.29, 1.82) is 0 Å². The van der Waals surface area contributed by atoms with Crippen LogP contribution in [0.1, 0.15) is 21.7 Å². The number of fused-ring (bicyclic) bond motifs is 1. The van der Waals surface area contributed by atoms with Crippen molar-refractivity contribution in [2.45, 2.75) is 13.8 Å². The van der Waals surface area contributed by atoms with Crippen LogP contribution >= 0.6 is 0 Å². The van der Waals surface area contributed by atoms with E-state index in [2.05, 4.69) is 10.3 Å². The number of amides is 1. The Hall–Kier alpha value is -4.72. The molecule has 0 saturated heterocycles. The fourth-order valence-corrected chi connectivity index (χ4v) is 3.74. The third-order valence-corrected chi connectivity index (χ3v) is 5.68. The first-order valence-electron chi connectivity index (χ1n) is 10.5. The zero-order chi connectivity index (χ0) is 23.8. The quantitative estimate of drug-likeness (QED) is 0.239. The molecule has 0 aliphatic carbocycles. The molecule has 3 aromatic carbocycles. The van der Waals surface area contributed by atoms with E-state index in [1.54, 1.807) is 36.4 Å². The molecule has 0 radical (unpaired) electrons. The molecule has 2 aromatic heterocycles. The number of benzene rings is 3. The third kappa shape index (κ3) is 3.81. The largest absolute Gasteiger partial charge is 0.451 e. The average molecular weight is 453 g/mol. The van der Waals surface area contributed by atoms with Crippen LogP contribution < -0.4 is 5.32 Å². The van der Waals surface area contributed by atoms with E-state index in [4.69, 9.17) is 8.83 Å². The van der Waals surface area contributed by atoms with Crippen LogP contribution in [0.3, 0.4) is 0 Å². The number of para-hydroxylation sites is 1. The van der Waals surface area contributed by atoms with Gasteiger partial charge in [0.2, 0.25) is 5.89 Å². The number of hydrogen-bond acceptors (Lipinski definition) is 6. The lowest BCUT2D eigenvalue weighted by Crippen LogP contribution is -2.10. The summed E-state index contributed by atoms with van der Waals surface area (Å²) < 4.78 is 11.5. The molecule has 0 saturated carbocycles. The molecule has 0 unspecified atom stereocenters. The Balaban J connectivity index is 1.39. The highest BCUT2D eigenvalue weighted by Crippen LogP contribution is 2.32. The van der Waals surface area contributed by atoms with Crippen LogP contribution in [-0.4, -0.2) is 15.8 Å². The first-order valence-corrected chi connectivity index (χ1v) is 10.5. The predicted molar refractivity (Wildman–Crippen MR) is 128 cm³/mol. The summed E-state index contributed by atoms with van der Waals surface area (Å²) in [5.41, 5.74) is 5.08. The number of carbonyl (C=O) groups excluding carboxylic acids is 1.